The van der Waals surface area contributed by atoms with Crippen molar-refractivity contribution < 1.29 is 4.74 Å². The minimum absolute atomic E-state index is 0.466. The van der Waals surface area contributed by atoms with Gasteiger partial charge in [-0.2, -0.15) is 0 Å². The molecular formula is C19H29NO. The summed E-state index contributed by atoms with van der Waals surface area (Å²) in [6.45, 7) is 4.86. The van der Waals surface area contributed by atoms with Gasteiger partial charge in [0.15, 0.2) is 0 Å². The SMILES string of the molecule is COc1ccccc1C1CC(NC2CCCCC2(C)C)C1. The van der Waals surface area contributed by atoms with E-state index in [2.05, 4.69) is 43.4 Å². The molecule has 0 aromatic heterocycles. The summed E-state index contributed by atoms with van der Waals surface area (Å²) in [4.78, 5) is 0. The van der Waals surface area contributed by atoms with E-state index in [0.717, 1.165) is 5.75 Å². The third kappa shape index (κ3) is 3.11. The lowest BCUT2D eigenvalue weighted by molar-refractivity contribution is 0.130. The number of para-hydroxylation sites is 1. The lowest BCUT2D eigenvalue weighted by Gasteiger charge is -2.45. The van der Waals surface area contributed by atoms with Gasteiger partial charge in [0, 0.05) is 12.1 Å². The monoisotopic (exact) mass is 287 g/mol. The third-order valence-corrected chi connectivity index (χ3v) is 5.66. The Labute approximate surface area is 129 Å². The Morgan fingerprint density at radius 1 is 1.14 bits per heavy atom. The zero-order valence-corrected chi connectivity index (χ0v) is 13.7. The molecular weight excluding hydrogens is 258 g/mol. The fourth-order valence-electron chi connectivity index (χ4n) is 4.10. The van der Waals surface area contributed by atoms with E-state index in [9.17, 15) is 0 Å². The van der Waals surface area contributed by atoms with E-state index in [0.29, 0.717) is 23.4 Å². The zero-order valence-electron chi connectivity index (χ0n) is 13.7. The van der Waals surface area contributed by atoms with Crippen LogP contribution in [0.25, 0.3) is 0 Å². The Kier molecular flexibility index (Phi) is 4.26. The van der Waals surface area contributed by atoms with E-state index in [-0.39, 0.29) is 0 Å². The van der Waals surface area contributed by atoms with E-state index in [1.165, 1.54) is 44.1 Å². The standard InChI is InChI=1S/C19H29NO/c1-19(2)11-7-6-10-18(19)20-15-12-14(13-15)16-8-4-5-9-17(16)21-3/h4-5,8-9,14-15,18,20H,6-7,10-13H2,1-3H3. The Bertz CT molecular complexity index is 476. The molecule has 1 unspecified atom stereocenters. The first-order valence-corrected chi connectivity index (χ1v) is 8.49. The Balaban J connectivity index is 1.56. The molecule has 116 valence electrons. The van der Waals surface area contributed by atoms with Crippen LogP contribution in [-0.2, 0) is 0 Å². The highest BCUT2D eigenvalue weighted by atomic mass is 16.5. The molecule has 0 amide bonds. The maximum absolute atomic E-state index is 5.50. The minimum atomic E-state index is 0.466. The van der Waals surface area contributed by atoms with Crippen LogP contribution >= 0.6 is 0 Å². The molecule has 0 aliphatic heterocycles. The van der Waals surface area contributed by atoms with Crippen molar-refractivity contribution in [3.63, 3.8) is 0 Å². The van der Waals surface area contributed by atoms with Gasteiger partial charge in [0.2, 0.25) is 0 Å². The van der Waals surface area contributed by atoms with Crippen LogP contribution in [0.1, 0.15) is 63.9 Å². The van der Waals surface area contributed by atoms with E-state index < -0.39 is 0 Å². The van der Waals surface area contributed by atoms with Crippen molar-refractivity contribution in [2.24, 2.45) is 5.41 Å². The average molecular weight is 287 g/mol. The minimum Gasteiger partial charge on any atom is -0.496 e. The van der Waals surface area contributed by atoms with Crippen molar-refractivity contribution in [3.05, 3.63) is 29.8 Å². The molecule has 0 radical (unpaired) electrons. The topological polar surface area (TPSA) is 21.3 Å². The Morgan fingerprint density at radius 2 is 1.90 bits per heavy atom. The van der Waals surface area contributed by atoms with Crippen molar-refractivity contribution in [1.82, 2.24) is 5.32 Å². The third-order valence-electron chi connectivity index (χ3n) is 5.66. The normalized spacial score (nSPS) is 31.5. The number of hydrogen-bond donors (Lipinski definition) is 1. The van der Waals surface area contributed by atoms with Crippen molar-refractivity contribution in [2.45, 2.75) is 70.4 Å². The molecule has 3 rings (SSSR count). The van der Waals surface area contributed by atoms with Gasteiger partial charge in [0.05, 0.1) is 7.11 Å². The van der Waals surface area contributed by atoms with Gasteiger partial charge in [-0.3, -0.25) is 0 Å². The molecule has 2 heteroatoms. The van der Waals surface area contributed by atoms with Gasteiger partial charge in [0.1, 0.15) is 5.75 Å². The first-order chi connectivity index (χ1) is 10.1. The lowest BCUT2D eigenvalue weighted by atomic mass is 9.70. The van der Waals surface area contributed by atoms with Crippen LogP contribution in [-0.4, -0.2) is 19.2 Å². The van der Waals surface area contributed by atoms with E-state index in [4.69, 9.17) is 4.74 Å². The summed E-state index contributed by atoms with van der Waals surface area (Å²) in [5.41, 5.74) is 1.86. The number of rotatable bonds is 4. The number of benzene rings is 1. The molecule has 1 N–H and O–H groups in total. The molecule has 0 saturated heterocycles. The number of methoxy groups -OCH3 is 1. The molecule has 0 heterocycles. The van der Waals surface area contributed by atoms with Gasteiger partial charge in [-0.05, 0) is 48.6 Å². The lowest BCUT2D eigenvalue weighted by Crippen LogP contribution is -2.52. The van der Waals surface area contributed by atoms with Crippen molar-refractivity contribution in [3.8, 4) is 5.75 Å². The predicted octanol–water partition coefficient (Wildman–Crippen LogP) is 4.50. The van der Waals surface area contributed by atoms with Crippen LogP contribution in [0.5, 0.6) is 5.75 Å². The maximum atomic E-state index is 5.50. The van der Waals surface area contributed by atoms with E-state index in [1.807, 2.05) is 0 Å². The maximum Gasteiger partial charge on any atom is 0.122 e. The summed E-state index contributed by atoms with van der Waals surface area (Å²) in [5, 5.41) is 3.94. The summed E-state index contributed by atoms with van der Waals surface area (Å²) in [6.07, 6.45) is 8.03. The van der Waals surface area contributed by atoms with Crippen LogP contribution in [0.4, 0.5) is 0 Å². The smallest absolute Gasteiger partial charge is 0.122 e. The predicted molar refractivity (Wildman–Crippen MR) is 87.9 cm³/mol. The van der Waals surface area contributed by atoms with Gasteiger partial charge < -0.3 is 10.1 Å². The van der Waals surface area contributed by atoms with Crippen LogP contribution in [0.2, 0.25) is 0 Å². The molecule has 2 saturated carbocycles. The van der Waals surface area contributed by atoms with Crippen LogP contribution in [0, 0.1) is 5.41 Å². The summed E-state index contributed by atoms with van der Waals surface area (Å²) in [6, 6.07) is 9.89. The van der Waals surface area contributed by atoms with Crippen LogP contribution < -0.4 is 10.1 Å². The molecule has 2 nitrogen and oxygen atoms in total. The molecule has 1 aromatic carbocycles. The van der Waals surface area contributed by atoms with Gasteiger partial charge in [-0.1, -0.05) is 44.9 Å². The van der Waals surface area contributed by atoms with Crippen molar-refractivity contribution in [2.75, 3.05) is 7.11 Å². The fraction of sp³-hybridized carbons (Fsp3) is 0.684. The molecule has 2 fully saturated rings. The molecule has 0 spiro atoms. The summed E-state index contributed by atoms with van der Waals surface area (Å²) < 4.78 is 5.50. The number of ether oxygens (including phenoxy) is 1. The second-order valence-electron chi connectivity index (χ2n) is 7.56. The highest BCUT2D eigenvalue weighted by molar-refractivity contribution is 5.37. The van der Waals surface area contributed by atoms with E-state index >= 15 is 0 Å². The molecule has 0 bridgehead atoms. The first-order valence-electron chi connectivity index (χ1n) is 8.49. The molecule has 2 aliphatic rings. The molecule has 1 atom stereocenters. The Hall–Kier alpha value is -1.02. The molecule has 2 aliphatic carbocycles. The summed E-state index contributed by atoms with van der Waals surface area (Å²) >= 11 is 0. The van der Waals surface area contributed by atoms with Gasteiger partial charge in [-0.25, -0.2) is 0 Å². The van der Waals surface area contributed by atoms with Crippen LogP contribution in [0.3, 0.4) is 0 Å². The largest absolute Gasteiger partial charge is 0.496 e. The first kappa shape index (κ1) is 14.9. The van der Waals surface area contributed by atoms with Crippen molar-refractivity contribution >= 4 is 0 Å². The van der Waals surface area contributed by atoms with Crippen molar-refractivity contribution in [1.29, 1.82) is 0 Å². The van der Waals surface area contributed by atoms with Crippen LogP contribution in [0.15, 0.2) is 24.3 Å². The highest BCUT2D eigenvalue weighted by Gasteiger charge is 2.38. The summed E-state index contributed by atoms with van der Waals surface area (Å²) in [5.74, 6) is 1.73. The van der Waals surface area contributed by atoms with E-state index in [1.54, 1.807) is 7.11 Å². The fourth-order valence-corrected chi connectivity index (χ4v) is 4.10. The highest BCUT2D eigenvalue weighted by Crippen LogP contribution is 2.43. The second-order valence-corrected chi connectivity index (χ2v) is 7.56. The molecule has 21 heavy (non-hydrogen) atoms. The Morgan fingerprint density at radius 3 is 2.62 bits per heavy atom. The number of nitrogens with one attached hydrogen (secondary N) is 1. The summed E-state index contributed by atoms with van der Waals surface area (Å²) in [7, 11) is 1.78. The van der Waals surface area contributed by atoms with Gasteiger partial charge >= 0.3 is 0 Å². The average Bonchev–Trinajstić information content (AvgIpc) is 2.43. The molecule has 1 aromatic rings. The zero-order chi connectivity index (χ0) is 14.9. The van der Waals surface area contributed by atoms with Gasteiger partial charge in [-0.15, -0.1) is 0 Å². The second kappa shape index (κ2) is 6.00. The quantitative estimate of drug-likeness (QED) is 0.880. The number of hydrogen-bond acceptors (Lipinski definition) is 2. The van der Waals surface area contributed by atoms with Gasteiger partial charge in [0.25, 0.3) is 0 Å².